The van der Waals surface area contributed by atoms with E-state index in [2.05, 4.69) is 20.4 Å². The van der Waals surface area contributed by atoms with Crippen molar-refractivity contribution < 1.29 is 27.6 Å². The number of aliphatic hydroxyl groups excluding tert-OH is 1. The summed E-state index contributed by atoms with van der Waals surface area (Å²) in [6.45, 7) is 0.0809. The fraction of sp³-hybridized carbons (Fsp3) is 0.182. The van der Waals surface area contributed by atoms with Crippen molar-refractivity contribution in [3.63, 3.8) is 0 Å². The molecule has 0 atom stereocenters. The molecule has 0 aliphatic carbocycles. The minimum atomic E-state index is -4.56. The number of hydrogen-bond donors (Lipinski definition) is 2. The average molecular weight is 505 g/mol. The number of pyridine rings is 1. The summed E-state index contributed by atoms with van der Waals surface area (Å²) < 4.78 is 47.6. The number of amides is 1. The molecule has 13 heteroatoms. The van der Waals surface area contributed by atoms with Gasteiger partial charge in [-0.2, -0.15) is 18.2 Å². The van der Waals surface area contributed by atoms with Crippen molar-refractivity contribution in [2.75, 3.05) is 13.2 Å². The van der Waals surface area contributed by atoms with E-state index in [1.54, 1.807) is 22.9 Å². The van der Waals surface area contributed by atoms with Gasteiger partial charge in [-0.1, -0.05) is 28.9 Å². The van der Waals surface area contributed by atoms with Crippen LogP contribution in [0.15, 0.2) is 53.4 Å². The van der Waals surface area contributed by atoms with Crippen LogP contribution in [0.4, 0.5) is 13.2 Å². The normalized spacial score (nSPS) is 12.0. The van der Waals surface area contributed by atoms with Crippen molar-refractivity contribution in [1.29, 1.82) is 0 Å². The molecule has 2 N–H and O–H groups in total. The fourth-order valence-electron chi connectivity index (χ4n) is 3.71. The van der Waals surface area contributed by atoms with Crippen LogP contribution in [0.25, 0.3) is 39.5 Å². The summed E-state index contributed by atoms with van der Waals surface area (Å²) in [4.78, 5) is 20.6. The third-order valence-corrected chi connectivity index (χ3v) is 5.56. The van der Waals surface area contributed by atoms with Crippen molar-refractivity contribution in [1.82, 2.24) is 29.4 Å². The van der Waals surface area contributed by atoms with E-state index in [0.29, 0.717) is 5.56 Å². The Hall–Kier alpha value is -3.90. The number of carbonyl (C=O) groups is 1. The summed E-state index contributed by atoms with van der Waals surface area (Å²) in [6, 6.07) is 8.01. The van der Waals surface area contributed by atoms with Gasteiger partial charge < -0.3 is 23.9 Å². The largest absolute Gasteiger partial charge is 0.417 e. The topological polar surface area (TPSA) is 110 Å². The Morgan fingerprint density at radius 3 is 2.80 bits per heavy atom. The summed E-state index contributed by atoms with van der Waals surface area (Å²) >= 11 is 6.01. The number of aliphatic hydroxyl groups is 1. The lowest BCUT2D eigenvalue weighted by molar-refractivity contribution is -0.137. The van der Waals surface area contributed by atoms with Gasteiger partial charge in [0, 0.05) is 41.6 Å². The first kappa shape index (κ1) is 22.9. The van der Waals surface area contributed by atoms with Crippen LogP contribution >= 0.6 is 11.6 Å². The van der Waals surface area contributed by atoms with Crippen molar-refractivity contribution in [3.8, 4) is 23.0 Å². The first-order chi connectivity index (χ1) is 16.7. The molecule has 0 radical (unpaired) electrons. The summed E-state index contributed by atoms with van der Waals surface area (Å²) in [6.07, 6.45) is -0.602. The van der Waals surface area contributed by atoms with Gasteiger partial charge in [0.1, 0.15) is 12.2 Å². The average Bonchev–Trinajstić information content (AvgIpc) is 3.55. The monoisotopic (exact) mass is 504 g/mol. The van der Waals surface area contributed by atoms with Crippen molar-refractivity contribution in [2.24, 2.45) is 0 Å². The number of halogens is 4. The first-order valence-corrected chi connectivity index (χ1v) is 10.7. The first-order valence-electron chi connectivity index (χ1n) is 10.3. The summed E-state index contributed by atoms with van der Waals surface area (Å²) in [5.41, 5.74) is 0.759. The van der Waals surface area contributed by atoms with Crippen molar-refractivity contribution in [3.05, 3.63) is 59.5 Å². The zero-order valence-corrected chi connectivity index (χ0v) is 18.5. The van der Waals surface area contributed by atoms with Gasteiger partial charge in [0.2, 0.25) is 11.7 Å². The number of nitrogens with one attached hydrogen (secondary N) is 1. The lowest BCUT2D eigenvalue weighted by Gasteiger charge is -2.07. The van der Waals surface area contributed by atoms with Crippen molar-refractivity contribution in [2.45, 2.75) is 12.7 Å². The van der Waals surface area contributed by atoms with Crippen LogP contribution in [0.2, 0.25) is 5.02 Å². The van der Waals surface area contributed by atoms with E-state index >= 15 is 0 Å². The smallest absolute Gasteiger partial charge is 0.395 e. The van der Waals surface area contributed by atoms with Crippen LogP contribution in [-0.2, 0) is 17.5 Å². The Kier molecular flexibility index (Phi) is 5.69. The third kappa shape index (κ3) is 4.33. The third-order valence-electron chi connectivity index (χ3n) is 5.28. The molecular formula is C22H16ClF3N6O3. The molecule has 35 heavy (non-hydrogen) atoms. The zero-order valence-electron chi connectivity index (χ0n) is 17.8. The van der Waals surface area contributed by atoms with E-state index in [9.17, 15) is 18.0 Å². The van der Waals surface area contributed by atoms with E-state index in [0.717, 1.165) is 27.6 Å². The van der Waals surface area contributed by atoms with Crippen LogP contribution in [-0.4, -0.2) is 48.3 Å². The van der Waals surface area contributed by atoms with Gasteiger partial charge in [-0.3, -0.25) is 4.79 Å². The van der Waals surface area contributed by atoms with E-state index in [-0.39, 0.29) is 53.7 Å². The molecule has 0 saturated heterocycles. The molecule has 0 spiro atoms. The van der Waals surface area contributed by atoms with Gasteiger partial charge in [-0.15, -0.1) is 0 Å². The van der Waals surface area contributed by atoms with Gasteiger partial charge in [-0.25, -0.2) is 4.98 Å². The number of nitrogens with zero attached hydrogens (tertiary/aromatic N) is 5. The minimum Gasteiger partial charge on any atom is -0.395 e. The van der Waals surface area contributed by atoms with Crippen LogP contribution in [0.5, 0.6) is 0 Å². The van der Waals surface area contributed by atoms with Gasteiger partial charge in [0.15, 0.2) is 5.65 Å². The number of aromatic nitrogens is 5. The second kappa shape index (κ2) is 8.71. The summed E-state index contributed by atoms with van der Waals surface area (Å²) in [5, 5.41) is 16.1. The molecule has 0 saturated carbocycles. The highest BCUT2D eigenvalue weighted by atomic mass is 35.5. The molecule has 4 aromatic heterocycles. The van der Waals surface area contributed by atoms with Crippen LogP contribution in [0.3, 0.4) is 0 Å². The Balaban J connectivity index is 1.48. The number of alkyl halides is 3. The van der Waals surface area contributed by atoms with Gasteiger partial charge >= 0.3 is 6.18 Å². The quantitative estimate of drug-likeness (QED) is 0.364. The lowest BCUT2D eigenvalue weighted by atomic mass is 10.1. The highest BCUT2D eigenvalue weighted by Gasteiger charge is 2.32. The maximum absolute atomic E-state index is 13.1. The molecule has 180 valence electrons. The Bertz CT molecular complexity index is 1560. The maximum Gasteiger partial charge on any atom is 0.417 e. The number of imidazole rings is 1. The standard InChI is InChI=1S/C22H16ClF3N6O3/c23-15-8-12(22(24,25)26)9-32-10-16(28-20(15)32)21-29-19(30-35-21)14-2-1-3-17-13(14)4-6-31(17)11-18(34)27-5-7-33/h1-4,6,8-10,33H,5,7,11H2,(H,27,34). The molecule has 9 nitrogen and oxygen atoms in total. The van der Waals surface area contributed by atoms with E-state index in [1.807, 2.05) is 12.1 Å². The second-order valence-electron chi connectivity index (χ2n) is 7.61. The van der Waals surface area contributed by atoms with Crippen LogP contribution in [0, 0.1) is 0 Å². The molecule has 0 fully saturated rings. The number of rotatable bonds is 6. The molecule has 0 aliphatic heterocycles. The molecule has 1 amide bonds. The van der Waals surface area contributed by atoms with Gasteiger partial charge in [-0.05, 0) is 18.2 Å². The molecule has 5 rings (SSSR count). The SMILES string of the molecule is O=C(Cn1ccc2c(-c3noc(-c4cn5cc(C(F)(F)F)cc(Cl)c5n4)n3)cccc21)NCCO. The summed E-state index contributed by atoms with van der Waals surface area (Å²) in [7, 11) is 0. The van der Waals surface area contributed by atoms with Gasteiger partial charge in [0.25, 0.3) is 5.89 Å². The Morgan fingerprint density at radius 2 is 2.03 bits per heavy atom. The number of benzene rings is 1. The van der Waals surface area contributed by atoms with Crippen LogP contribution in [0.1, 0.15) is 5.56 Å². The van der Waals surface area contributed by atoms with E-state index < -0.39 is 11.7 Å². The highest BCUT2D eigenvalue weighted by molar-refractivity contribution is 6.33. The number of hydrogen-bond acceptors (Lipinski definition) is 6. The zero-order chi connectivity index (χ0) is 24.7. The number of carbonyl (C=O) groups excluding carboxylic acids is 1. The molecule has 4 heterocycles. The molecule has 0 unspecified atom stereocenters. The fourth-order valence-corrected chi connectivity index (χ4v) is 3.97. The molecular weight excluding hydrogens is 489 g/mol. The predicted octanol–water partition coefficient (Wildman–Crippen LogP) is 3.79. The second-order valence-corrected chi connectivity index (χ2v) is 8.02. The number of fused-ring (bicyclic) bond motifs is 2. The molecule has 5 aromatic rings. The van der Waals surface area contributed by atoms with Crippen LogP contribution < -0.4 is 5.32 Å². The van der Waals surface area contributed by atoms with E-state index in [1.165, 1.54) is 6.20 Å². The molecule has 0 aliphatic rings. The maximum atomic E-state index is 13.1. The Labute approximate surface area is 199 Å². The Morgan fingerprint density at radius 1 is 1.20 bits per heavy atom. The predicted molar refractivity (Wildman–Crippen MR) is 120 cm³/mol. The minimum absolute atomic E-state index is 0.00754. The molecule has 0 bridgehead atoms. The van der Waals surface area contributed by atoms with E-state index in [4.69, 9.17) is 21.2 Å². The highest BCUT2D eigenvalue weighted by Crippen LogP contribution is 2.34. The lowest BCUT2D eigenvalue weighted by Crippen LogP contribution is -2.29. The summed E-state index contributed by atoms with van der Waals surface area (Å²) in [5.74, 6) is 0.00310. The van der Waals surface area contributed by atoms with Gasteiger partial charge in [0.05, 0.1) is 17.2 Å². The van der Waals surface area contributed by atoms with Crippen molar-refractivity contribution >= 4 is 34.1 Å². The molecule has 1 aromatic carbocycles.